The van der Waals surface area contributed by atoms with Crippen molar-refractivity contribution in [1.82, 2.24) is 0 Å². The van der Waals surface area contributed by atoms with Crippen molar-refractivity contribution in [3.05, 3.63) is 28.2 Å². The molecule has 0 saturated heterocycles. The van der Waals surface area contributed by atoms with E-state index in [1.54, 1.807) is 25.1 Å². The molecule has 4 heteroatoms. The van der Waals surface area contributed by atoms with Gasteiger partial charge in [0.15, 0.2) is 6.10 Å². The third-order valence-corrected chi connectivity index (χ3v) is 1.91. The Kier molecular flexibility index (Phi) is 3.41. The van der Waals surface area contributed by atoms with Crippen LogP contribution >= 0.6 is 23.2 Å². The zero-order valence-electron chi connectivity index (χ0n) is 6.92. The summed E-state index contributed by atoms with van der Waals surface area (Å²) in [5.41, 5.74) is 0. The zero-order valence-corrected chi connectivity index (χ0v) is 8.43. The number of rotatable bonds is 2. The lowest BCUT2D eigenvalue weighted by atomic mass is 10.3. The summed E-state index contributed by atoms with van der Waals surface area (Å²) in [6, 6.07) is 6.81. The van der Waals surface area contributed by atoms with Gasteiger partial charge in [-0.3, -0.25) is 0 Å². The molecule has 0 aliphatic rings. The van der Waals surface area contributed by atoms with Gasteiger partial charge in [0.2, 0.25) is 0 Å². The molecule has 0 heterocycles. The van der Waals surface area contributed by atoms with Crippen molar-refractivity contribution in [2.45, 2.75) is 13.0 Å². The van der Waals surface area contributed by atoms with Gasteiger partial charge >= 0.3 is 0 Å². The first-order valence-corrected chi connectivity index (χ1v) is 4.40. The highest BCUT2D eigenvalue weighted by atomic mass is 35.5. The SMILES string of the molecule is C[C@@H](C#N)Oc1ccc(Cl)cc1Cl. The second kappa shape index (κ2) is 4.36. The van der Waals surface area contributed by atoms with Crippen LogP contribution in [0, 0.1) is 11.3 Å². The lowest BCUT2D eigenvalue weighted by Gasteiger charge is -2.08. The molecule has 0 N–H and O–H groups in total. The highest BCUT2D eigenvalue weighted by Gasteiger charge is 2.05. The summed E-state index contributed by atoms with van der Waals surface area (Å²) in [7, 11) is 0. The molecule has 0 radical (unpaired) electrons. The molecular formula is C9H7Cl2NO. The highest BCUT2D eigenvalue weighted by Crippen LogP contribution is 2.28. The summed E-state index contributed by atoms with van der Waals surface area (Å²) in [6.07, 6.45) is -0.515. The van der Waals surface area contributed by atoms with Gasteiger partial charge in [-0.2, -0.15) is 5.26 Å². The van der Waals surface area contributed by atoms with Crippen LogP contribution in [0.3, 0.4) is 0 Å². The van der Waals surface area contributed by atoms with Crippen molar-refractivity contribution in [3.8, 4) is 11.8 Å². The summed E-state index contributed by atoms with van der Waals surface area (Å²) in [4.78, 5) is 0. The molecule has 68 valence electrons. The second-order valence-corrected chi connectivity index (χ2v) is 3.31. The molecule has 1 aromatic rings. The molecule has 2 nitrogen and oxygen atoms in total. The summed E-state index contributed by atoms with van der Waals surface area (Å²) in [6.45, 7) is 1.64. The van der Waals surface area contributed by atoms with E-state index in [1.807, 2.05) is 6.07 Å². The number of hydrogen-bond acceptors (Lipinski definition) is 2. The van der Waals surface area contributed by atoms with Crippen LogP contribution in [0.5, 0.6) is 5.75 Å². The predicted octanol–water partition coefficient (Wildman–Crippen LogP) is 3.28. The van der Waals surface area contributed by atoms with Crippen molar-refractivity contribution >= 4 is 23.2 Å². The fourth-order valence-electron chi connectivity index (χ4n) is 0.788. The Morgan fingerprint density at radius 1 is 1.46 bits per heavy atom. The molecule has 0 fully saturated rings. The van der Waals surface area contributed by atoms with E-state index in [1.165, 1.54) is 0 Å². The van der Waals surface area contributed by atoms with E-state index in [9.17, 15) is 0 Å². The van der Waals surface area contributed by atoms with Gasteiger partial charge in [-0.15, -0.1) is 0 Å². The maximum absolute atomic E-state index is 8.50. The average molecular weight is 216 g/mol. The maximum atomic E-state index is 8.50. The number of hydrogen-bond donors (Lipinski definition) is 0. The van der Waals surface area contributed by atoms with E-state index < -0.39 is 6.10 Å². The van der Waals surface area contributed by atoms with Gasteiger partial charge in [0.1, 0.15) is 11.8 Å². The normalized spacial score (nSPS) is 11.8. The molecule has 0 bridgehead atoms. The molecule has 1 aromatic carbocycles. The molecule has 0 aliphatic carbocycles. The van der Waals surface area contributed by atoms with Gasteiger partial charge in [-0.25, -0.2) is 0 Å². The van der Waals surface area contributed by atoms with Crippen molar-refractivity contribution in [1.29, 1.82) is 5.26 Å². The van der Waals surface area contributed by atoms with Crippen molar-refractivity contribution in [2.75, 3.05) is 0 Å². The van der Waals surface area contributed by atoms with Gasteiger partial charge < -0.3 is 4.74 Å². The number of ether oxygens (including phenoxy) is 1. The first-order chi connectivity index (χ1) is 6.13. The lowest BCUT2D eigenvalue weighted by Crippen LogP contribution is -2.08. The number of nitriles is 1. The third kappa shape index (κ3) is 2.80. The molecule has 0 amide bonds. The Labute approximate surface area is 86.6 Å². The molecule has 0 saturated carbocycles. The minimum absolute atomic E-state index is 0.412. The van der Waals surface area contributed by atoms with Gasteiger partial charge in [0.25, 0.3) is 0 Å². The lowest BCUT2D eigenvalue weighted by molar-refractivity contribution is 0.276. The van der Waals surface area contributed by atoms with Gasteiger partial charge in [-0.1, -0.05) is 23.2 Å². The fourth-order valence-corrected chi connectivity index (χ4v) is 1.24. The van der Waals surface area contributed by atoms with Crippen LogP contribution in [0.1, 0.15) is 6.92 Å². The van der Waals surface area contributed by atoms with Crippen molar-refractivity contribution in [2.24, 2.45) is 0 Å². The molecule has 0 aromatic heterocycles. The predicted molar refractivity (Wildman–Crippen MR) is 52.2 cm³/mol. The average Bonchev–Trinajstić information content (AvgIpc) is 2.09. The first-order valence-electron chi connectivity index (χ1n) is 3.65. The number of benzene rings is 1. The zero-order chi connectivity index (χ0) is 9.84. The quantitative estimate of drug-likeness (QED) is 0.759. The number of halogens is 2. The van der Waals surface area contributed by atoms with Crippen LogP contribution in [-0.2, 0) is 0 Å². The summed E-state index contributed by atoms with van der Waals surface area (Å²) < 4.78 is 5.20. The second-order valence-electron chi connectivity index (χ2n) is 2.46. The van der Waals surface area contributed by atoms with Crippen LogP contribution < -0.4 is 4.74 Å². The maximum Gasteiger partial charge on any atom is 0.181 e. The van der Waals surface area contributed by atoms with Crippen LogP contribution in [0.4, 0.5) is 0 Å². The standard InChI is InChI=1S/C9H7Cl2NO/c1-6(5-12)13-9-3-2-7(10)4-8(9)11/h2-4,6H,1H3/t6-/m0/s1. The molecular weight excluding hydrogens is 209 g/mol. The van der Waals surface area contributed by atoms with E-state index in [2.05, 4.69) is 0 Å². The van der Waals surface area contributed by atoms with Crippen molar-refractivity contribution < 1.29 is 4.74 Å². The molecule has 0 unspecified atom stereocenters. The van der Waals surface area contributed by atoms with Crippen LogP contribution in [0.15, 0.2) is 18.2 Å². The van der Waals surface area contributed by atoms with Crippen LogP contribution in [0.25, 0.3) is 0 Å². The van der Waals surface area contributed by atoms with Gasteiger partial charge in [0, 0.05) is 5.02 Å². The molecule has 13 heavy (non-hydrogen) atoms. The topological polar surface area (TPSA) is 33.0 Å². The van der Waals surface area contributed by atoms with E-state index in [0.29, 0.717) is 15.8 Å². The van der Waals surface area contributed by atoms with Gasteiger partial charge in [0.05, 0.1) is 5.02 Å². The van der Waals surface area contributed by atoms with E-state index in [-0.39, 0.29) is 0 Å². The Morgan fingerprint density at radius 2 is 2.15 bits per heavy atom. The van der Waals surface area contributed by atoms with E-state index >= 15 is 0 Å². The Balaban J connectivity index is 2.85. The molecule has 1 rings (SSSR count). The Morgan fingerprint density at radius 3 is 2.69 bits per heavy atom. The largest absolute Gasteiger partial charge is 0.474 e. The fraction of sp³-hybridized carbons (Fsp3) is 0.222. The summed E-state index contributed by atoms with van der Waals surface area (Å²) in [5.74, 6) is 0.472. The Hall–Kier alpha value is -0.910. The highest BCUT2D eigenvalue weighted by molar-refractivity contribution is 6.35. The van der Waals surface area contributed by atoms with Crippen molar-refractivity contribution in [3.63, 3.8) is 0 Å². The van der Waals surface area contributed by atoms with Crippen LogP contribution in [-0.4, -0.2) is 6.10 Å². The first kappa shape index (κ1) is 10.2. The summed E-state index contributed by atoms with van der Waals surface area (Å²) in [5, 5.41) is 9.45. The molecule has 0 spiro atoms. The smallest absolute Gasteiger partial charge is 0.181 e. The Bertz CT molecular complexity index is 346. The van der Waals surface area contributed by atoms with Crippen LogP contribution in [0.2, 0.25) is 10.0 Å². The minimum atomic E-state index is -0.515. The molecule has 0 aliphatic heterocycles. The molecule has 1 atom stereocenters. The van der Waals surface area contributed by atoms with E-state index in [4.69, 9.17) is 33.2 Å². The monoisotopic (exact) mass is 215 g/mol. The third-order valence-electron chi connectivity index (χ3n) is 1.38. The number of nitrogens with zero attached hydrogens (tertiary/aromatic N) is 1. The van der Waals surface area contributed by atoms with Gasteiger partial charge in [-0.05, 0) is 25.1 Å². The summed E-state index contributed by atoms with van der Waals surface area (Å²) >= 11 is 11.5. The van der Waals surface area contributed by atoms with E-state index in [0.717, 1.165) is 0 Å². The minimum Gasteiger partial charge on any atom is -0.474 e.